The fraction of sp³-hybridized carbons (Fsp3) is 0.438. The highest BCUT2D eigenvalue weighted by Crippen LogP contribution is 2.09. The molecule has 112 valence electrons. The zero-order chi connectivity index (χ0) is 14.3. The van der Waals surface area contributed by atoms with Crippen LogP contribution in [0.3, 0.4) is 0 Å². The van der Waals surface area contributed by atoms with Crippen molar-refractivity contribution in [2.24, 2.45) is 0 Å². The number of hydrogen-bond acceptors (Lipinski definition) is 1. The number of carbonyl (C=O) groups excluding carboxylic acids is 1. The van der Waals surface area contributed by atoms with Crippen LogP contribution in [-0.4, -0.2) is 37.6 Å². The fourth-order valence-corrected chi connectivity index (χ4v) is 2.02. The first-order valence-corrected chi connectivity index (χ1v) is 6.70. The number of halogens is 1. The molecule has 0 fully saturated rings. The third-order valence-corrected chi connectivity index (χ3v) is 3.07. The molecule has 4 heteroatoms. The first-order chi connectivity index (χ1) is 8.91. The minimum absolute atomic E-state index is 0. The molecule has 3 nitrogen and oxygen atoms in total. The Morgan fingerprint density at radius 1 is 1.25 bits per heavy atom. The molecule has 0 heterocycles. The van der Waals surface area contributed by atoms with E-state index in [2.05, 4.69) is 50.3 Å². The predicted molar refractivity (Wildman–Crippen MR) is 79.6 cm³/mol. The van der Waals surface area contributed by atoms with Gasteiger partial charge in [-0.1, -0.05) is 36.9 Å². The summed E-state index contributed by atoms with van der Waals surface area (Å²) < 4.78 is 0.924. The molecule has 1 rings (SSSR count). The number of hydrogen-bond donors (Lipinski definition) is 1. The van der Waals surface area contributed by atoms with Gasteiger partial charge in [0.1, 0.15) is 6.54 Å². The molecule has 0 aromatic heterocycles. The van der Waals surface area contributed by atoms with Crippen molar-refractivity contribution in [1.29, 1.82) is 0 Å². The summed E-state index contributed by atoms with van der Waals surface area (Å²) in [5, 5.41) is 2.87. The summed E-state index contributed by atoms with van der Waals surface area (Å²) in [5.74, 6) is -0.0478. The van der Waals surface area contributed by atoms with Crippen molar-refractivity contribution in [2.45, 2.75) is 19.9 Å². The third kappa shape index (κ3) is 7.46. The van der Waals surface area contributed by atoms with Crippen molar-refractivity contribution in [1.82, 2.24) is 5.32 Å². The number of rotatable bonds is 7. The van der Waals surface area contributed by atoms with Crippen LogP contribution in [0, 0.1) is 0 Å². The number of quaternary nitrogens is 1. The fourth-order valence-electron chi connectivity index (χ4n) is 2.02. The van der Waals surface area contributed by atoms with Crippen molar-refractivity contribution < 1.29 is 26.3 Å². The van der Waals surface area contributed by atoms with Gasteiger partial charge in [0.25, 0.3) is 0 Å². The first-order valence-electron chi connectivity index (χ1n) is 6.70. The molecule has 20 heavy (non-hydrogen) atoms. The molecule has 0 bridgehead atoms. The van der Waals surface area contributed by atoms with Crippen LogP contribution in [-0.2, 0) is 11.3 Å². The van der Waals surface area contributed by atoms with Gasteiger partial charge in [-0.3, -0.25) is 4.79 Å². The molecule has 1 aromatic rings. The second kappa shape index (κ2) is 8.93. The van der Waals surface area contributed by atoms with E-state index in [0.29, 0.717) is 12.1 Å². The molecule has 0 aliphatic rings. The summed E-state index contributed by atoms with van der Waals surface area (Å²) in [6, 6.07) is 10.5. The summed E-state index contributed by atoms with van der Waals surface area (Å²) >= 11 is 0. The Morgan fingerprint density at radius 3 is 2.40 bits per heavy atom. The van der Waals surface area contributed by atoms with Gasteiger partial charge < -0.3 is 26.8 Å². The lowest BCUT2D eigenvalue weighted by atomic mass is 10.2. The molecular weight excluding hydrogens is 316 g/mol. The average molecular weight is 341 g/mol. The molecule has 1 amide bonds. The molecule has 0 saturated heterocycles. The Morgan fingerprint density at radius 2 is 1.85 bits per heavy atom. The largest absolute Gasteiger partial charge is 1.00 e. The van der Waals surface area contributed by atoms with Crippen molar-refractivity contribution >= 4 is 5.91 Å². The van der Waals surface area contributed by atoms with E-state index in [1.807, 2.05) is 6.07 Å². The Bertz CT molecular complexity index is 429. The van der Waals surface area contributed by atoms with Crippen LogP contribution >= 0.6 is 0 Å². The lowest BCUT2D eigenvalue weighted by Gasteiger charge is -2.30. The topological polar surface area (TPSA) is 29.1 Å². The molecule has 0 saturated carbocycles. The van der Waals surface area contributed by atoms with Crippen molar-refractivity contribution in [2.75, 3.05) is 27.2 Å². The first kappa shape index (κ1) is 18.9. The smallest absolute Gasteiger partial charge is 0.246 e. The molecule has 1 aromatic carbocycles. The average Bonchev–Trinajstić information content (AvgIpc) is 2.35. The van der Waals surface area contributed by atoms with E-state index in [9.17, 15) is 4.79 Å². The van der Waals surface area contributed by atoms with Crippen LogP contribution in [0.1, 0.15) is 18.9 Å². The zero-order valence-electron chi connectivity index (χ0n) is 12.7. The summed E-state index contributed by atoms with van der Waals surface area (Å²) in [6.45, 7) is 8.10. The highest BCUT2D eigenvalue weighted by atomic mass is 79.9. The quantitative estimate of drug-likeness (QED) is 0.399. The summed E-state index contributed by atoms with van der Waals surface area (Å²) in [6.07, 6.45) is 0.971. The van der Waals surface area contributed by atoms with Crippen LogP contribution < -0.4 is 22.3 Å². The second-order valence-corrected chi connectivity index (χ2v) is 5.69. The van der Waals surface area contributed by atoms with E-state index in [1.54, 1.807) is 6.92 Å². The molecule has 0 unspecified atom stereocenters. The summed E-state index contributed by atoms with van der Waals surface area (Å²) in [5.41, 5.74) is 1.91. The van der Waals surface area contributed by atoms with Crippen LogP contribution in [0.4, 0.5) is 0 Å². The molecule has 0 aliphatic carbocycles. The maximum Gasteiger partial charge on any atom is 0.246 e. The number of nitrogens with zero attached hydrogens (tertiary/aromatic N) is 1. The maximum absolute atomic E-state index is 11.3. The second-order valence-electron chi connectivity index (χ2n) is 5.69. The Labute approximate surface area is 133 Å². The minimum atomic E-state index is -0.0478. The highest BCUT2D eigenvalue weighted by Gasteiger charge is 2.15. The molecule has 0 atom stereocenters. The number of benzene rings is 1. The van der Waals surface area contributed by atoms with Gasteiger partial charge in [0.05, 0.1) is 20.6 Å². The van der Waals surface area contributed by atoms with Gasteiger partial charge in [-0.05, 0) is 6.92 Å². The molecule has 0 spiro atoms. The van der Waals surface area contributed by atoms with E-state index in [-0.39, 0.29) is 22.9 Å². The Hall–Kier alpha value is -1.13. The van der Waals surface area contributed by atoms with Crippen molar-refractivity contribution in [3.05, 3.63) is 48.0 Å². The van der Waals surface area contributed by atoms with Crippen LogP contribution in [0.5, 0.6) is 0 Å². The lowest BCUT2D eigenvalue weighted by molar-refractivity contribution is -0.903. The molecular formula is C16H25BrN2O. The summed E-state index contributed by atoms with van der Waals surface area (Å²) in [7, 11) is 4.43. The number of carbonyl (C=O) groups is 1. The molecule has 1 N–H and O–H groups in total. The van der Waals surface area contributed by atoms with Crippen molar-refractivity contribution in [3.8, 4) is 0 Å². The van der Waals surface area contributed by atoms with Gasteiger partial charge in [0, 0.05) is 24.1 Å². The normalized spacial score (nSPS) is 10.6. The highest BCUT2D eigenvalue weighted by molar-refractivity contribution is 5.91. The van der Waals surface area contributed by atoms with Crippen LogP contribution in [0.2, 0.25) is 0 Å². The maximum atomic E-state index is 11.3. The SMILES string of the molecule is C=C(C)C(=O)NCCC[N+](C)(C)Cc1ccccc1.[Br-]. The van der Waals surface area contributed by atoms with Crippen molar-refractivity contribution in [3.63, 3.8) is 0 Å². The zero-order valence-corrected chi connectivity index (χ0v) is 14.2. The standard InChI is InChI=1S/C16H24N2O.BrH/c1-14(2)16(19)17-11-8-12-18(3,4)13-15-9-6-5-7-10-15;/h5-7,9-10H,1,8,11-13H2,2-4H3;1H. The van der Waals surface area contributed by atoms with Crippen LogP contribution in [0.15, 0.2) is 42.5 Å². The van der Waals surface area contributed by atoms with Crippen LogP contribution in [0.25, 0.3) is 0 Å². The lowest BCUT2D eigenvalue weighted by Crippen LogP contribution is -3.00. The summed E-state index contributed by atoms with van der Waals surface area (Å²) in [4.78, 5) is 11.3. The van der Waals surface area contributed by atoms with E-state index in [1.165, 1.54) is 5.56 Å². The third-order valence-electron chi connectivity index (χ3n) is 3.07. The Balaban J connectivity index is 0.00000361. The van der Waals surface area contributed by atoms with E-state index >= 15 is 0 Å². The van der Waals surface area contributed by atoms with E-state index in [0.717, 1.165) is 24.0 Å². The molecule has 0 radical (unpaired) electrons. The predicted octanol–water partition coefficient (Wildman–Crippen LogP) is -0.651. The Kier molecular flexibility index (Phi) is 8.42. The monoisotopic (exact) mass is 340 g/mol. The minimum Gasteiger partial charge on any atom is -1.00 e. The van der Waals surface area contributed by atoms with Gasteiger partial charge in [0.2, 0.25) is 5.91 Å². The van der Waals surface area contributed by atoms with E-state index < -0.39 is 0 Å². The van der Waals surface area contributed by atoms with Gasteiger partial charge in [-0.25, -0.2) is 0 Å². The number of nitrogens with one attached hydrogen (secondary N) is 1. The van der Waals surface area contributed by atoms with Gasteiger partial charge >= 0.3 is 0 Å². The van der Waals surface area contributed by atoms with Gasteiger partial charge in [0.15, 0.2) is 0 Å². The number of amides is 1. The van der Waals surface area contributed by atoms with Gasteiger partial charge in [-0.2, -0.15) is 0 Å². The van der Waals surface area contributed by atoms with Gasteiger partial charge in [-0.15, -0.1) is 0 Å². The van der Waals surface area contributed by atoms with E-state index in [4.69, 9.17) is 0 Å². The molecule has 0 aliphatic heterocycles.